The van der Waals surface area contributed by atoms with Gasteiger partial charge in [0.2, 0.25) is 0 Å². The van der Waals surface area contributed by atoms with Crippen molar-refractivity contribution in [1.29, 1.82) is 0 Å². The van der Waals surface area contributed by atoms with Crippen molar-refractivity contribution in [2.45, 2.75) is 13.5 Å². The maximum Gasteiger partial charge on any atom is 0.271 e. The number of nitrogens with zero attached hydrogens (tertiary/aromatic N) is 1. The van der Waals surface area contributed by atoms with Crippen molar-refractivity contribution < 1.29 is 14.3 Å². The van der Waals surface area contributed by atoms with Crippen molar-refractivity contribution in [2.75, 3.05) is 7.11 Å². The third-order valence-electron chi connectivity index (χ3n) is 4.45. The Morgan fingerprint density at radius 1 is 1.09 bits per heavy atom. The van der Waals surface area contributed by atoms with Gasteiger partial charge in [-0.15, -0.1) is 0 Å². The molecule has 166 valence electrons. The highest BCUT2D eigenvalue weighted by Crippen LogP contribution is 2.37. The first kappa shape index (κ1) is 24.4. The van der Waals surface area contributed by atoms with Gasteiger partial charge in [-0.3, -0.25) is 4.79 Å². The number of hydrogen-bond donors (Lipinski definition) is 1. The van der Waals surface area contributed by atoms with Gasteiger partial charge in [0.1, 0.15) is 6.61 Å². The molecule has 0 heterocycles. The Hall–Kier alpha value is -2.25. The van der Waals surface area contributed by atoms with Crippen molar-refractivity contribution in [2.24, 2.45) is 5.10 Å². The average molecular weight is 557 g/mol. The molecule has 0 bridgehead atoms. The van der Waals surface area contributed by atoms with Gasteiger partial charge in [-0.1, -0.05) is 46.9 Å². The van der Waals surface area contributed by atoms with Crippen LogP contribution >= 0.6 is 50.7 Å². The van der Waals surface area contributed by atoms with E-state index in [-0.39, 0.29) is 12.5 Å². The quantitative estimate of drug-likeness (QED) is 0.250. The van der Waals surface area contributed by atoms with Crippen molar-refractivity contribution in [1.82, 2.24) is 5.43 Å². The highest BCUT2D eigenvalue weighted by molar-refractivity contribution is 9.10. The first-order chi connectivity index (χ1) is 15.3. The number of rotatable bonds is 7. The summed E-state index contributed by atoms with van der Waals surface area (Å²) in [6, 6.07) is 13.8. The van der Waals surface area contributed by atoms with Crippen LogP contribution in [0.3, 0.4) is 0 Å². The number of carbonyl (C=O) groups excluding carboxylic acids is 1. The summed E-state index contributed by atoms with van der Waals surface area (Å²) in [5, 5.41) is 5.60. The Morgan fingerprint density at radius 2 is 1.88 bits per heavy atom. The first-order valence-electron chi connectivity index (χ1n) is 9.32. The van der Waals surface area contributed by atoms with Gasteiger partial charge in [0.25, 0.3) is 5.91 Å². The maximum absolute atomic E-state index is 12.3. The fourth-order valence-electron chi connectivity index (χ4n) is 2.71. The Labute approximate surface area is 209 Å². The van der Waals surface area contributed by atoms with Crippen molar-refractivity contribution >= 4 is 62.9 Å². The molecule has 0 spiro atoms. The van der Waals surface area contributed by atoms with E-state index in [1.54, 1.807) is 48.5 Å². The second kappa shape index (κ2) is 11.1. The van der Waals surface area contributed by atoms with E-state index < -0.39 is 0 Å². The molecule has 0 unspecified atom stereocenters. The van der Waals surface area contributed by atoms with Gasteiger partial charge in [0.05, 0.1) is 17.8 Å². The summed E-state index contributed by atoms with van der Waals surface area (Å²) in [4.78, 5) is 12.3. The van der Waals surface area contributed by atoms with E-state index in [4.69, 9.17) is 44.3 Å². The van der Waals surface area contributed by atoms with Crippen LogP contribution in [0.25, 0.3) is 0 Å². The van der Waals surface area contributed by atoms with Gasteiger partial charge in [-0.25, -0.2) is 5.43 Å². The Bertz CT molecular complexity index is 1190. The molecule has 0 aliphatic rings. The van der Waals surface area contributed by atoms with Crippen LogP contribution < -0.4 is 14.9 Å². The van der Waals surface area contributed by atoms with Crippen LogP contribution in [0.4, 0.5) is 0 Å². The predicted molar refractivity (Wildman–Crippen MR) is 133 cm³/mol. The topological polar surface area (TPSA) is 59.9 Å². The van der Waals surface area contributed by atoms with E-state index in [0.29, 0.717) is 42.2 Å². The fraction of sp³-hybridized carbons (Fsp3) is 0.130. The number of amides is 1. The van der Waals surface area contributed by atoms with Gasteiger partial charge >= 0.3 is 0 Å². The summed E-state index contributed by atoms with van der Waals surface area (Å²) < 4.78 is 12.0. The summed E-state index contributed by atoms with van der Waals surface area (Å²) in [5.74, 6) is 0.630. The van der Waals surface area contributed by atoms with Gasteiger partial charge in [-0.05, 0) is 70.4 Å². The molecule has 9 heteroatoms. The minimum Gasteiger partial charge on any atom is -0.493 e. The number of ether oxygens (including phenoxy) is 2. The molecule has 0 saturated heterocycles. The monoisotopic (exact) mass is 554 g/mol. The van der Waals surface area contributed by atoms with Crippen molar-refractivity contribution in [3.8, 4) is 11.5 Å². The number of nitrogens with one attached hydrogen (secondary N) is 1. The summed E-state index contributed by atoms with van der Waals surface area (Å²) >= 11 is 21.7. The van der Waals surface area contributed by atoms with Crippen LogP contribution in [-0.4, -0.2) is 19.2 Å². The molecule has 3 aromatic rings. The second-order valence-electron chi connectivity index (χ2n) is 6.72. The van der Waals surface area contributed by atoms with Crippen LogP contribution in [-0.2, 0) is 6.61 Å². The summed E-state index contributed by atoms with van der Waals surface area (Å²) in [5.41, 5.74) is 5.27. The number of aryl methyl sites for hydroxylation is 1. The number of carbonyl (C=O) groups is 1. The molecular weight excluding hydrogens is 539 g/mol. The second-order valence-corrected chi connectivity index (χ2v) is 8.83. The molecule has 1 N–H and O–H groups in total. The van der Waals surface area contributed by atoms with E-state index >= 15 is 0 Å². The van der Waals surface area contributed by atoms with Crippen LogP contribution in [0.1, 0.15) is 27.0 Å². The van der Waals surface area contributed by atoms with Crippen LogP contribution in [0.5, 0.6) is 11.5 Å². The molecule has 0 aliphatic carbocycles. The maximum atomic E-state index is 12.3. The first-order valence-corrected chi connectivity index (χ1v) is 11.2. The molecule has 0 radical (unpaired) electrons. The number of hydrazone groups is 1. The molecular formula is C23H18BrCl3N2O3. The normalized spacial score (nSPS) is 10.9. The third-order valence-corrected chi connectivity index (χ3v) is 6.04. The van der Waals surface area contributed by atoms with Crippen LogP contribution in [0.15, 0.2) is 58.1 Å². The Morgan fingerprint density at radius 3 is 2.56 bits per heavy atom. The van der Waals surface area contributed by atoms with E-state index in [1.165, 1.54) is 13.3 Å². The smallest absolute Gasteiger partial charge is 0.271 e. The van der Waals surface area contributed by atoms with Gasteiger partial charge in [0.15, 0.2) is 11.5 Å². The number of halogens is 4. The molecule has 0 saturated carbocycles. The van der Waals surface area contributed by atoms with Crippen LogP contribution in [0, 0.1) is 6.92 Å². The summed E-state index contributed by atoms with van der Waals surface area (Å²) in [6.07, 6.45) is 1.50. The lowest BCUT2D eigenvalue weighted by atomic mass is 10.1. The molecule has 1 amide bonds. The van der Waals surface area contributed by atoms with Gasteiger partial charge in [0, 0.05) is 26.2 Å². The number of hydrogen-bond acceptors (Lipinski definition) is 4. The molecule has 0 fully saturated rings. The zero-order valence-corrected chi connectivity index (χ0v) is 20.9. The minimum absolute atomic E-state index is 0.230. The Balaban J connectivity index is 1.71. The van der Waals surface area contributed by atoms with E-state index in [1.807, 2.05) is 6.92 Å². The average Bonchev–Trinajstić information content (AvgIpc) is 2.75. The molecule has 32 heavy (non-hydrogen) atoms. The predicted octanol–water partition coefficient (Wildman–Crippen LogP) is 7.07. The molecule has 3 aromatic carbocycles. The largest absolute Gasteiger partial charge is 0.493 e. The molecule has 3 rings (SSSR count). The van der Waals surface area contributed by atoms with Crippen molar-refractivity contribution in [3.63, 3.8) is 0 Å². The highest BCUT2D eigenvalue weighted by Gasteiger charge is 2.13. The lowest BCUT2D eigenvalue weighted by Gasteiger charge is -2.14. The van der Waals surface area contributed by atoms with E-state index in [9.17, 15) is 4.79 Å². The number of benzene rings is 3. The highest BCUT2D eigenvalue weighted by atomic mass is 79.9. The van der Waals surface area contributed by atoms with E-state index in [0.717, 1.165) is 11.1 Å². The van der Waals surface area contributed by atoms with Gasteiger partial charge < -0.3 is 9.47 Å². The van der Waals surface area contributed by atoms with E-state index in [2.05, 4.69) is 26.5 Å². The zero-order valence-electron chi connectivity index (χ0n) is 17.1. The standard InChI is InChI=1S/C23H18BrCl3N2O3/c1-13-3-4-15(9-19(13)26)23(30)29-28-11-14-7-18(24)22(21(8-14)31-2)32-12-16-5-6-17(25)10-20(16)27/h3-11H,12H2,1-2H3,(H,29,30)/b28-11-. The SMILES string of the molecule is COc1cc(/C=N\NC(=O)c2ccc(C)c(Cl)c2)cc(Br)c1OCc1ccc(Cl)cc1Cl. The van der Waals surface area contributed by atoms with Crippen LogP contribution in [0.2, 0.25) is 15.1 Å². The fourth-order valence-corrected chi connectivity index (χ4v) is 3.92. The zero-order chi connectivity index (χ0) is 23.3. The molecule has 5 nitrogen and oxygen atoms in total. The molecule has 0 atom stereocenters. The molecule has 0 aliphatic heterocycles. The summed E-state index contributed by atoms with van der Waals surface area (Å²) in [7, 11) is 1.54. The third kappa shape index (κ3) is 6.17. The van der Waals surface area contributed by atoms with Crippen molar-refractivity contribution in [3.05, 3.63) is 90.3 Å². The molecule has 0 aromatic heterocycles. The number of methoxy groups -OCH3 is 1. The lowest BCUT2D eigenvalue weighted by Crippen LogP contribution is -2.17. The Kier molecular flexibility index (Phi) is 8.43. The minimum atomic E-state index is -0.367. The van der Waals surface area contributed by atoms with Gasteiger partial charge in [-0.2, -0.15) is 5.10 Å². The lowest BCUT2D eigenvalue weighted by molar-refractivity contribution is 0.0955. The summed E-state index contributed by atoms with van der Waals surface area (Å²) in [6.45, 7) is 2.10.